The predicted molar refractivity (Wildman–Crippen MR) is 42.6 cm³/mol. The van der Waals surface area contributed by atoms with E-state index in [1.807, 2.05) is 0 Å². The molecule has 0 aromatic heterocycles. The Kier molecular flexibility index (Phi) is 1.59. The first-order valence-corrected chi connectivity index (χ1v) is 3.53. The molecule has 0 radical (unpaired) electrons. The van der Waals surface area contributed by atoms with Gasteiger partial charge in [-0.25, -0.2) is 4.79 Å². The Morgan fingerprint density at radius 1 is 1.46 bits per heavy atom. The number of nitrogens with zero attached hydrogens (tertiary/aromatic N) is 4. The zero-order chi connectivity index (χ0) is 9.42. The van der Waals surface area contributed by atoms with Crippen molar-refractivity contribution in [3.63, 3.8) is 0 Å². The molecule has 0 saturated heterocycles. The second-order valence-electron chi connectivity index (χ2n) is 2.18. The monoisotopic (exact) mass is 199 g/mol. The molecule has 0 amide bonds. The van der Waals surface area contributed by atoms with E-state index in [9.17, 15) is 9.59 Å². The second-order valence-corrected chi connectivity index (χ2v) is 2.52. The molecule has 0 fully saturated rings. The van der Waals surface area contributed by atoms with Crippen molar-refractivity contribution in [2.75, 3.05) is 0 Å². The van der Waals surface area contributed by atoms with Crippen LogP contribution in [0.15, 0.2) is 15.8 Å². The van der Waals surface area contributed by atoms with Crippen LogP contribution in [0.5, 0.6) is 0 Å². The standard InChI is InChI=1S/C5H2ClN5O2/c6-11-4(12)3-2(9-10-11)1-7-5(13)8-3/h1,10H. The van der Waals surface area contributed by atoms with Gasteiger partial charge in [-0.05, 0) is 0 Å². The molecular formula is C5H2ClN5O2. The number of fused-ring (bicyclic) bond motifs is 1. The molecule has 0 saturated carbocycles. The molecule has 8 heteroatoms. The van der Waals surface area contributed by atoms with Crippen molar-refractivity contribution >= 4 is 11.8 Å². The fourth-order valence-corrected chi connectivity index (χ4v) is 0.952. The lowest BCUT2D eigenvalue weighted by atomic mass is 10.3. The molecule has 2 heterocycles. The Hall–Kier alpha value is -1.76. The van der Waals surface area contributed by atoms with Crippen molar-refractivity contribution in [3.05, 3.63) is 27.0 Å². The van der Waals surface area contributed by atoms with Crippen molar-refractivity contribution in [1.29, 1.82) is 0 Å². The Morgan fingerprint density at radius 2 is 2.23 bits per heavy atom. The van der Waals surface area contributed by atoms with Gasteiger partial charge in [0.2, 0.25) is 0 Å². The lowest BCUT2D eigenvalue weighted by molar-refractivity contribution is 0.771. The van der Waals surface area contributed by atoms with Gasteiger partial charge < -0.3 is 0 Å². The number of aromatic nitrogens is 5. The van der Waals surface area contributed by atoms with Gasteiger partial charge in [0, 0.05) is 11.8 Å². The molecular weight excluding hydrogens is 198 g/mol. The average Bonchev–Trinajstić information content (AvgIpc) is 2.12. The lowest BCUT2D eigenvalue weighted by Gasteiger charge is -1.99. The Balaban J connectivity index is 2.98. The summed E-state index contributed by atoms with van der Waals surface area (Å²) in [5.74, 6) is 0. The van der Waals surface area contributed by atoms with Crippen LogP contribution in [0.2, 0.25) is 0 Å². The van der Waals surface area contributed by atoms with Crippen LogP contribution in [0.25, 0.3) is 11.4 Å². The normalized spacial score (nSPS) is 10.5. The van der Waals surface area contributed by atoms with Gasteiger partial charge in [-0.2, -0.15) is 20.3 Å². The number of aromatic amines is 1. The first kappa shape index (κ1) is 7.87. The molecule has 0 atom stereocenters. The van der Waals surface area contributed by atoms with Crippen LogP contribution in [0.4, 0.5) is 0 Å². The van der Waals surface area contributed by atoms with Gasteiger partial charge in [-0.15, -0.1) is 4.20 Å². The smallest absolute Gasteiger partial charge is 0.264 e. The van der Waals surface area contributed by atoms with Crippen molar-refractivity contribution in [3.8, 4) is 11.4 Å². The summed E-state index contributed by atoms with van der Waals surface area (Å²) in [5.41, 5.74) is -1.28. The lowest BCUT2D eigenvalue weighted by Crippen LogP contribution is -2.25. The molecule has 0 unspecified atom stereocenters. The van der Waals surface area contributed by atoms with Crippen molar-refractivity contribution in [2.45, 2.75) is 0 Å². The van der Waals surface area contributed by atoms with E-state index in [2.05, 4.69) is 20.3 Å². The fourth-order valence-electron chi connectivity index (χ4n) is 0.835. The van der Waals surface area contributed by atoms with E-state index in [0.717, 1.165) is 6.20 Å². The molecule has 0 aromatic carbocycles. The maximum Gasteiger partial charge on any atom is 0.367 e. The quantitative estimate of drug-likeness (QED) is 0.577. The number of rotatable bonds is 0. The van der Waals surface area contributed by atoms with Gasteiger partial charge in [0.15, 0.2) is 5.69 Å². The molecule has 13 heavy (non-hydrogen) atoms. The van der Waals surface area contributed by atoms with E-state index < -0.39 is 11.2 Å². The van der Waals surface area contributed by atoms with Gasteiger partial charge in [-0.1, -0.05) is 0 Å². The molecule has 2 aliphatic heterocycles. The molecule has 0 aromatic rings. The van der Waals surface area contributed by atoms with Crippen LogP contribution >= 0.6 is 11.8 Å². The zero-order valence-electron chi connectivity index (χ0n) is 6.06. The molecule has 66 valence electrons. The SMILES string of the molecule is O=c1ncc2n[nH]n(Cl)c(=O)c-2n1. The van der Waals surface area contributed by atoms with Crippen LogP contribution in [-0.2, 0) is 0 Å². The van der Waals surface area contributed by atoms with E-state index in [-0.39, 0.29) is 11.4 Å². The third-order valence-electron chi connectivity index (χ3n) is 1.39. The van der Waals surface area contributed by atoms with E-state index >= 15 is 0 Å². The summed E-state index contributed by atoms with van der Waals surface area (Å²) in [7, 11) is 0. The second kappa shape index (κ2) is 2.63. The first-order chi connectivity index (χ1) is 6.18. The summed E-state index contributed by atoms with van der Waals surface area (Å²) in [6, 6.07) is 0. The Bertz CT molecular complexity index is 531. The van der Waals surface area contributed by atoms with Crippen LogP contribution in [0.1, 0.15) is 0 Å². The predicted octanol–water partition coefficient (Wildman–Crippen LogP) is -1.17. The zero-order valence-corrected chi connectivity index (χ0v) is 6.82. The highest BCUT2D eigenvalue weighted by molar-refractivity contribution is 6.14. The largest absolute Gasteiger partial charge is 0.367 e. The molecule has 2 rings (SSSR count). The minimum atomic E-state index is -0.741. The highest BCUT2D eigenvalue weighted by Crippen LogP contribution is 2.03. The highest BCUT2D eigenvalue weighted by atomic mass is 35.5. The molecule has 1 N–H and O–H groups in total. The van der Waals surface area contributed by atoms with Gasteiger partial charge in [0.1, 0.15) is 5.69 Å². The van der Waals surface area contributed by atoms with Crippen LogP contribution in [-0.4, -0.2) is 24.5 Å². The first-order valence-electron chi connectivity index (χ1n) is 3.19. The van der Waals surface area contributed by atoms with E-state index in [4.69, 9.17) is 11.8 Å². The van der Waals surface area contributed by atoms with Crippen LogP contribution in [0, 0.1) is 0 Å². The molecule has 0 bridgehead atoms. The van der Waals surface area contributed by atoms with Crippen molar-refractivity contribution in [1.82, 2.24) is 24.5 Å². The summed E-state index contributed by atoms with van der Waals surface area (Å²) >= 11 is 5.36. The number of hydrogen-bond donors (Lipinski definition) is 1. The van der Waals surface area contributed by atoms with Gasteiger partial charge in [0.05, 0.1) is 6.20 Å². The Labute approximate surface area is 75.5 Å². The average molecular weight is 200 g/mol. The third-order valence-corrected chi connectivity index (χ3v) is 1.62. The highest BCUT2D eigenvalue weighted by Gasteiger charge is 2.12. The minimum Gasteiger partial charge on any atom is -0.264 e. The summed E-state index contributed by atoms with van der Waals surface area (Å²) in [6.07, 6.45) is 1.15. The van der Waals surface area contributed by atoms with Crippen molar-refractivity contribution in [2.24, 2.45) is 0 Å². The van der Waals surface area contributed by atoms with Gasteiger partial charge in [-0.3, -0.25) is 4.79 Å². The van der Waals surface area contributed by atoms with E-state index in [1.165, 1.54) is 0 Å². The van der Waals surface area contributed by atoms with Crippen molar-refractivity contribution < 1.29 is 0 Å². The number of nitrogens with one attached hydrogen (secondary N) is 1. The van der Waals surface area contributed by atoms with Crippen LogP contribution < -0.4 is 11.2 Å². The summed E-state index contributed by atoms with van der Waals surface area (Å²) in [6.45, 7) is 0. The van der Waals surface area contributed by atoms with Crippen LogP contribution in [0.3, 0.4) is 0 Å². The maximum absolute atomic E-state index is 11.2. The molecule has 0 aliphatic carbocycles. The minimum absolute atomic E-state index is 0.103. The summed E-state index contributed by atoms with van der Waals surface area (Å²) in [4.78, 5) is 28.6. The molecule has 0 spiro atoms. The number of hydrogen-bond acceptors (Lipinski definition) is 5. The molecule has 2 aliphatic rings. The Morgan fingerprint density at radius 3 is 3.00 bits per heavy atom. The van der Waals surface area contributed by atoms with Gasteiger partial charge in [0.25, 0.3) is 0 Å². The fraction of sp³-hybridized carbons (Fsp3) is 0. The number of halogens is 1. The summed E-state index contributed by atoms with van der Waals surface area (Å²) < 4.78 is 0.606. The van der Waals surface area contributed by atoms with E-state index in [1.54, 1.807) is 0 Å². The number of H-pyrrole nitrogens is 1. The van der Waals surface area contributed by atoms with E-state index in [0.29, 0.717) is 4.20 Å². The topological polar surface area (TPSA) is 93.5 Å². The summed E-state index contributed by atoms with van der Waals surface area (Å²) in [5, 5.41) is 5.82. The third kappa shape index (κ3) is 1.18. The van der Waals surface area contributed by atoms with Gasteiger partial charge >= 0.3 is 11.2 Å². The molecule has 7 nitrogen and oxygen atoms in total. The maximum atomic E-state index is 11.2.